The predicted molar refractivity (Wildman–Crippen MR) is 350 cm³/mol. The van der Waals surface area contributed by atoms with E-state index in [1.807, 2.05) is 79.7 Å². The molecule has 0 spiro atoms. The smallest absolute Gasteiger partial charge is 0.325 e. The van der Waals surface area contributed by atoms with Gasteiger partial charge in [0, 0.05) is 33.7 Å². The summed E-state index contributed by atoms with van der Waals surface area (Å²) in [6, 6.07) is 4.36. The maximum Gasteiger partial charge on any atom is 0.325 e. The highest BCUT2D eigenvalue weighted by Gasteiger charge is 2.49. The summed E-state index contributed by atoms with van der Waals surface area (Å²) in [5.41, 5.74) is 1.26. The number of aliphatic hydroxyl groups excluding tert-OH is 1. The molecule has 23 heteroatoms. The Morgan fingerprint density at radius 2 is 1.30 bits per heavy atom. The van der Waals surface area contributed by atoms with Gasteiger partial charge in [0.25, 0.3) is 5.91 Å². The van der Waals surface area contributed by atoms with Crippen LogP contribution in [-0.2, 0) is 66.9 Å². The summed E-state index contributed by atoms with van der Waals surface area (Å²) in [6.45, 7) is 40.4. The summed E-state index contributed by atoms with van der Waals surface area (Å²) in [5, 5.41) is 18.4. The average molecular weight is 1270 g/mol. The van der Waals surface area contributed by atoms with E-state index in [1.54, 1.807) is 25.9 Å². The van der Waals surface area contributed by atoms with Crippen LogP contribution >= 0.6 is 0 Å². The van der Waals surface area contributed by atoms with Gasteiger partial charge in [0.05, 0.1) is 57.4 Å². The first-order chi connectivity index (χ1) is 42.0. The van der Waals surface area contributed by atoms with E-state index in [4.69, 9.17) is 23.7 Å². The molecule has 4 rings (SSSR count). The van der Waals surface area contributed by atoms with E-state index in [2.05, 4.69) is 78.3 Å². The predicted octanol–water partition coefficient (Wildman–Crippen LogP) is 8.08. The molecule has 1 aromatic carbocycles. The van der Waals surface area contributed by atoms with Gasteiger partial charge in [-0.05, 0) is 83.8 Å². The van der Waals surface area contributed by atoms with Gasteiger partial charge in [0.2, 0.25) is 41.7 Å². The number of nitrogens with zero attached hydrogens (tertiary/aromatic N) is 4. The van der Waals surface area contributed by atoms with Gasteiger partial charge in [0.15, 0.2) is 12.4 Å². The second kappa shape index (κ2) is 54.7. The third-order valence-corrected chi connectivity index (χ3v) is 11.7. The number of carbonyl (C=O) groups excluding carboxylic acids is 10. The highest BCUT2D eigenvalue weighted by atomic mass is 16.7. The van der Waals surface area contributed by atoms with Gasteiger partial charge in [-0.25, -0.2) is 0 Å². The van der Waals surface area contributed by atoms with Gasteiger partial charge in [0.1, 0.15) is 31.0 Å². The Morgan fingerprint density at radius 1 is 0.775 bits per heavy atom. The van der Waals surface area contributed by atoms with E-state index in [1.165, 1.54) is 44.8 Å². The highest BCUT2D eigenvalue weighted by molar-refractivity contribution is 6.03. The molecular formula is C66H123N7O16. The van der Waals surface area contributed by atoms with Gasteiger partial charge in [-0.3, -0.25) is 47.9 Å². The van der Waals surface area contributed by atoms with Crippen molar-refractivity contribution in [3.63, 3.8) is 0 Å². The second-order valence-corrected chi connectivity index (χ2v) is 21.9. The molecule has 7 atom stereocenters. The second-order valence-electron chi connectivity index (χ2n) is 21.9. The zero-order chi connectivity index (χ0) is 70.0. The molecule has 0 radical (unpaired) electrons. The number of rotatable bonds is 24. The summed E-state index contributed by atoms with van der Waals surface area (Å²) in [6.07, 6.45) is 2.17. The molecule has 1 aromatic rings. The maximum atomic E-state index is 13.6. The number of hydrogen-bond acceptors (Lipinski definition) is 16. The number of nitrogens with one attached hydrogen (secondary N) is 3. The number of methoxy groups -OCH3 is 1. The first-order valence-electron chi connectivity index (χ1n) is 32.3. The number of aryl methyl sites for hydroxylation is 1. The van der Waals surface area contributed by atoms with Crippen LogP contribution in [0.2, 0.25) is 0 Å². The van der Waals surface area contributed by atoms with Crippen LogP contribution in [-0.4, -0.2) is 201 Å². The lowest BCUT2D eigenvalue weighted by molar-refractivity contribution is -0.192. The van der Waals surface area contributed by atoms with Gasteiger partial charge in [-0.2, -0.15) is 0 Å². The Balaban J connectivity index is -0.000000701. The zero-order valence-corrected chi connectivity index (χ0v) is 59.4. The molecule has 3 heterocycles. The van der Waals surface area contributed by atoms with Crippen LogP contribution < -0.4 is 20.7 Å². The van der Waals surface area contributed by atoms with Crippen molar-refractivity contribution in [2.75, 3.05) is 80.3 Å². The zero-order valence-electron chi connectivity index (χ0n) is 59.4. The van der Waals surface area contributed by atoms with Crippen molar-refractivity contribution in [1.82, 2.24) is 35.6 Å². The Morgan fingerprint density at radius 3 is 1.78 bits per heavy atom. The van der Waals surface area contributed by atoms with Crippen LogP contribution in [0.25, 0.3) is 0 Å². The van der Waals surface area contributed by atoms with Crippen LogP contribution in [0.15, 0.2) is 24.3 Å². The van der Waals surface area contributed by atoms with Crippen LogP contribution in [0.5, 0.6) is 5.75 Å². The molecule has 0 saturated carbocycles. The number of benzene rings is 1. The van der Waals surface area contributed by atoms with Crippen molar-refractivity contribution < 1.29 is 76.7 Å². The number of likely N-dealkylation sites (tertiary alicyclic amines) is 2. The standard InChI is InChI=1S/C39H61N7O15.C8H10O.2C4H10.C3H8.4C2H6/c1-7-11-26(29(48)16-33(52)59-22-30(49)25(3)35(54)40-17-32(51)45-13-8-9-14-45)42-36(55)27(21-58-34(53)19-43(5)23-47)41-31(50)18-44(6)37(56)28-12-10-15-46(28)38(57)39(4)60-20-24(2)61-39;1-7-3-5-8(9-2)6-4-7;2*1-4(2)3;1-3-2;4*1-2/h23-29,48H,7-22H2,1-6H3,(H,40,54)(H,41,50)(H,42,55);3-6H,1-2H3;2*4H,1-3H3;3H2,1-2H3;4*1-2H3. The topological polar surface area (TPSA) is 286 Å². The number of hydrogen-bond donors (Lipinski definition) is 4. The first kappa shape index (κ1) is 91.5. The quantitative estimate of drug-likeness (QED) is 0.0432. The molecule has 89 heavy (non-hydrogen) atoms. The summed E-state index contributed by atoms with van der Waals surface area (Å²) in [4.78, 5) is 132. The van der Waals surface area contributed by atoms with Crippen molar-refractivity contribution in [3.8, 4) is 5.75 Å². The third-order valence-electron chi connectivity index (χ3n) is 11.7. The molecule has 23 nitrogen and oxygen atoms in total. The lowest BCUT2D eigenvalue weighted by Gasteiger charge is -2.33. The Hall–Kier alpha value is -6.20. The Kier molecular flexibility index (Phi) is 56.3. The molecule has 3 saturated heterocycles. The van der Waals surface area contributed by atoms with E-state index in [9.17, 15) is 53.1 Å². The highest BCUT2D eigenvalue weighted by Crippen LogP contribution is 2.30. The van der Waals surface area contributed by atoms with Crippen molar-refractivity contribution in [2.45, 2.75) is 233 Å². The number of esters is 2. The number of ketones is 1. The fourth-order valence-corrected chi connectivity index (χ4v) is 7.62. The van der Waals surface area contributed by atoms with Crippen molar-refractivity contribution >= 4 is 59.6 Å². The van der Waals surface area contributed by atoms with Gasteiger partial charge >= 0.3 is 11.9 Å². The number of likely N-dealkylation sites (N-methyl/N-ethyl adjacent to an activating group) is 2. The SMILES string of the molecule is CC.CC.CC.CC.CC(C)C.CC(C)C.CCC.CCCC(NC(=O)C(COC(=O)CN(C)C=O)NC(=O)CN(C)C(=O)C1CCCN1C(=O)C1(C)OCC(C)O1)C(O)CC(=O)OCC(=O)C(C)C(=O)NCC(=O)N1CCCC1.COc1ccc(C)cc1. The Bertz CT molecular complexity index is 2100. The molecule has 0 bridgehead atoms. The third kappa shape index (κ3) is 41.7. The molecular weight excluding hydrogens is 1150 g/mol. The number of Topliss-reactive ketones (excluding diaryl/α,β-unsaturated/α-hetero) is 1. The summed E-state index contributed by atoms with van der Waals surface area (Å²) < 4.78 is 26.4. The van der Waals surface area contributed by atoms with E-state index in [0.717, 1.165) is 40.2 Å². The Labute approximate surface area is 536 Å². The largest absolute Gasteiger partial charge is 0.497 e. The van der Waals surface area contributed by atoms with E-state index < -0.39 is 116 Å². The van der Waals surface area contributed by atoms with E-state index in [0.29, 0.717) is 38.8 Å². The average Bonchev–Trinajstić information content (AvgIpc) is 2.00. The molecule has 7 amide bonds. The molecule has 0 aliphatic carbocycles. The van der Waals surface area contributed by atoms with Gasteiger partial charge in [-0.15, -0.1) is 0 Å². The monoisotopic (exact) mass is 1270 g/mol. The van der Waals surface area contributed by atoms with E-state index in [-0.39, 0.29) is 38.1 Å². The normalized spacial score (nSPS) is 17.0. The minimum atomic E-state index is -1.58. The first-order valence-corrected chi connectivity index (χ1v) is 32.3. The van der Waals surface area contributed by atoms with E-state index >= 15 is 0 Å². The number of carbonyl (C=O) groups is 10. The molecule has 4 N–H and O–H groups in total. The molecule has 0 aromatic heterocycles. The van der Waals surface area contributed by atoms with Gasteiger partial charge < -0.3 is 64.3 Å². The van der Waals surface area contributed by atoms with Crippen molar-refractivity contribution in [2.24, 2.45) is 17.8 Å². The molecule has 518 valence electrons. The number of ether oxygens (including phenoxy) is 5. The van der Waals surface area contributed by atoms with Gasteiger partial charge in [-0.1, -0.05) is 148 Å². The molecule has 3 aliphatic rings. The minimum Gasteiger partial charge on any atom is -0.497 e. The van der Waals surface area contributed by atoms with Crippen LogP contribution in [0.1, 0.15) is 195 Å². The van der Waals surface area contributed by atoms with Crippen molar-refractivity contribution in [3.05, 3.63) is 29.8 Å². The van der Waals surface area contributed by atoms with Crippen LogP contribution in [0, 0.1) is 24.7 Å². The summed E-state index contributed by atoms with van der Waals surface area (Å²) in [7, 11) is 4.33. The maximum absolute atomic E-state index is 13.6. The number of amides is 7. The summed E-state index contributed by atoms with van der Waals surface area (Å²) in [5.74, 6) is -6.75. The lowest BCUT2D eigenvalue weighted by atomic mass is 10.0. The summed E-state index contributed by atoms with van der Waals surface area (Å²) >= 11 is 0. The fourth-order valence-electron chi connectivity index (χ4n) is 7.62. The number of aliphatic hydroxyl groups is 1. The molecule has 7 unspecified atom stereocenters. The molecule has 3 aliphatic heterocycles. The van der Waals surface area contributed by atoms with Crippen LogP contribution in [0.4, 0.5) is 0 Å². The van der Waals surface area contributed by atoms with Crippen molar-refractivity contribution in [1.29, 1.82) is 0 Å². The fraction of sp³-hybridized carbons (Fsp3) is 0.758. The lowest BCUT2D eigenvalue weighted by Crippen LogP contribution is -2.57. The van der Waals surface area contributed by atoms with Crippen LogP contribution in [0.3, 0.4) is 0 Å². The minimum absolute atomic E-state index is 0.124. The molecule has 3 fully saturated rings.